The van der Waals surface area contributed by atoms with Gasteiger partial charge in [-0.15, -0.1) is 0 Å². The second-order valence-electron chi connectivity index (χ2n) is 3.12. The van der Waals surface area contributed by atoms with Crippen molar-refractivity contribution < 1.29 is 0 Å². The van der Waals surface area contributed by atoms with E-state index in [4.69, 9.17) is 11.6 Å². The van der Waals surface area contributed by atoms with Gasteiger partial charge in [0.15, 0.2) is 0 Å². The van der Waals surface area contributed by atoms with E-state index in [9.17, 15) is 0 Å². The fraction of sp³-hybridized carbons (Fsp3) is 0.400. The van der Waals surface area contributed by atoms with Gasteiger partial charge in [-0.1, -0.05) is 17.7 Å². The molecule has 0 radical (unpaired) electrons. The molecule has 4 heteroatoms. The van der Waals surface area contributed by atoms with Crippen molar-refractivity contribution in [1.29, 1.82) is 0 Å². The molecule has 1 aromatic rings. The molecule has 0 saturated heterocycles. The predicted molar refractivity (Wildman–Crippen MR) is 59.7 cm³/mol. The van der Waals surface area contributed by atoms with Crippen molar-refractivity contribution in [3.8, 4) is 0 Å². The van der Waals surface area contributed by atoms with Crippen molar-refractivity contribution in [3.05, 3.63) is 29.0 Å². The molecule has 0 aromatic carbocycles. The Hall–Kier alpha value is -1.09. The summed E-state index contributed by atoms with van der Waals surface area (Å²) in [5.74, 6) is 1.000. The van der Waals surface area contributed by atoms with Crippen LogP contribution in [0.1, 0.15) is 12.5 Å². The highest BCUT2D eigenvalue weighted by Gasteiger charge is 2.01. The summed E-state index contributed by atoms with van der Waals surface area (Å²) in [6, 6.07) is 3.76. The van der Waals surface area contributed by atoms with Crippen molar-refractivity contribution >= 4 is 17.4 Å². The minimum atomic E-state index is 0.525. The Bertz CT molecular complexity index is 319. The molecule has 0 atom stereocenters. The van der Waals surface area contributed by atoms with Gasteiger partial charge in [0.25, 0.3) is 0 Å². The molecule has 14 heavy (non-hydrogen) atoms. The van der Waals surface area contributed by atoms with Gasteiger partial charge in [0.1, 0.15) is 5.15 Å². The van der Waals surface area contributed by atoms with Gasteiger partial charge >= 0.3 is 0 Å². The Morgan fingerprint density at radius 1 is 1.57 bits per heavy atom. The fourth-order valence-electron chi connectivity index (χ4n) is 1.06. The van der Waals surface area contributed by atoms with Crippen LogP contribution in [0.2, 0.25) is 5.15 Å². The molecule has 0 unspecified atom stereocenters. The molecule has 1 rings (SSSR count). The standard InChI is InChI=1S/C10H14ClN3/c1-8(12-2)14(3)7-9-4-5-10(11)13-6-9/h4-6H,7H2,1-3H3/b12-8+. The van der Waals surface area contributed by atoms with E-state index in [1.807, 2.05) is 20.0 Å². The Morgan fingerprint density at radius 2 is 2.29 bits per heavy atom. The van der Waals surface area contributed by atoms with E-state index in [2.05, 4.69) is 14.9 Å². The van der Waals surface area contributed by atoms with Crippen LogP contribution in [-0.2, 0) is 6.54 Å². The maximum Gasteiger partial charge on any atom is 0.129 e. The van der Waals surface area contributed by atoms with Crippen LogP contribution < -0.4 is 0 Å². The molecular weight excluding hydrogens is 198 g/mol. The number of aliphatic imine (C=N–C) groups is 1. The van der Waals surface area contributed by atoms with Gasteiger partial charge in [-0.25, -0.2) is 4.98 Å². The summed E-state index contributed by atoms with van der Waals surface area (Å²) in [6.07, 6.45) is 1.78. The molecule has 1 heterocycles. The SMILES string of the molecule is C/N=C(\C)N(C)Cc1ccc(Cl)nc1. The van der Waals surface area contributed by atoms with Gasteiger partial charge in [-0.2, -0.15) is 0 Å². The second-order valence-corrected chi connectivity index (χ2v) is 3.50. The highest BCUT2D eigenvalue weighted by molar-refractivity contribution is 6.29. The lowest BCUT2D eigenvalue weighted by Gasteiger charge is -2.17. The third kappa shape index (κ3) is 3.00. The highest BCUT2D eigenvalue weighted by atomic mass is 35.5. The molecule has 0 saturated carbocycles. The first-order valence-electron chi connectivity index (χ1n) is 4.38. The molecule has 0 spiro atoms. The van der Waals surface area contributed by atoms with E-state index in [1.54, 1.807) is 19.3 Å². The molecule has 0 bridgehead atoms. The smallest absolute Gasteiger partial charge is 0.129 e. The predicted octanol–water partition coefficient (Wildman–Crippen LogP) is 2.21. The van der Waals surface area contributed by atoms with E-state index in [-0.39, 0.29) is 0 Å². The number of hydrogen-bond acceptors (Lipinski definition) is 2. The van der Waals surface area contributed by atoms with Crippen LogP contribution >= 0.6 is 11.6 Å². The zero-order valence-corrected chi connectivity index (χ0v) is 9.41. The number of aromatic nitrogens is 1. The van der Waals surface area contributed by atoms with Crippen molar-refractivity contribution in [2.24, 2.45) is 4.99 Å². The van der Waals surface area contributed by atoms with Crippen LogP contribution in [0.25, 0.3) is 0 Å². The summed E-state index contributed by atoms with van der Waals surface area (Å²) in [5, 5.41) is 0.525. The first-order chi connectivity index (χ1) is 6.63. The summed E-state index contributed by atoms with van der Waals surface area (Å²) in [6.45, 7) is 2.77. The van der Waals surface area contributed by atoms with Crippen LogP contribution in [-0.4, -0.2) is 29.8 Å². The van der Waals surface area contributed by atoms with Gasteiger partial charge in [0, 0.05) is 26.8 Å². The lowest BCUT2D eigenvalue weighted by molar-refractivity contribution is 0.496. The third-order valence-electron chi connectivity index (χ3n) is 2.08. The molecule has 0 N–H and O–H groups in total. The lowest BCUT2D eigenvalue weighted by atomic mass is 10.3. The van der Waals surface area contributed by atoms with Gasteiger partial charge < -0.3 is 4.90 Å². The van der Waals surface area contributed by atoms with Crippen molar-refractivity contribution in [2.45, 2.75) is 13.5 Å². The number of rotatable bonds is 2. The maximum atomic E-state index is 5.69. The van der Waals surface area contributed by atoms with Crippen molar-refractivity contribution in [1.82, 2.24) is 9.88 Å². The number of pyridine rings is 1. The first-order valence-corrected chi connectivity index (χ1v) is 4.76. The van der Waals surface area contributed by atoms with Gasteiger partial charge in [0.2, 0.25) is 0 Å². The normalized spacial score (nSPS) is 11.6. The number of hydrogen-bond donors (Lipinski definition) is 0. The molecule has 3 nitrogen and oxygen atoms in total. The van der Waals surface area contributed by atoms with Crippen LogP contribution in [0, 0.1) is 0 Å². The summed E-state index contributed by atoms with van der Waals surface area (Å²) in [7, 11) is 3.78. The van der Waals surface area contributed by atoms with Crippen LogP contribution in [0.4, 0.5) is 0 Å². The average molecular weight is 212 g/mol. The quantitative estimate of drug-likeness (QED) is 0.426. The minimum Gasteiger partial charge on any atom is -0.359 e. The Labute approximate surface area is 89.4 Å². The first kappa shape index (κ1) is 11.0. The molecule has 0 aliphatic rings. The summed E-state index contributed by atoms with van der Waals surface area (Å²) >= 11 is 5.69. The highest BCUT2D eigenvalue weighted by Crippen LogP contribution is 2.07. The van der Waals surface area contributed by atoms with E-state index >= 15 is 0 Å². The van der Waals surface area contributed by atoms with Gasteiger partial charge in [0.05, 0.1) is 5.84 Å². The maximum absolute atomic E-state index is 5.69. The van der Waals surface area contributed by atoms with Crippen molar-refractivity contribution in [3.63, 3.8) is 0 Å². The second kappa shape index (κ2) is 4.96. The van der Waals surface area contributed by atoms with Crippen LogP contribution in [0.5, 0.6) is 0 Å². The number of amidine groups is 1. The van der Waals surface area contributed by atoms with E-state index < -0.39 is 0 Å². The Balaban J connectivity index is 2.65. The number of nitrogens with zero attached hydrogens (tertiary/aromatic N) is 3. The molecule has 0 aliphatic heterocycles. The van der Waals surface area contributed by atoms with Gasteiger partial charge in [-0.3, -0.25) is 4.99 Å². The summed E-state index contributed by atoms with van der Waals surface area (Å²) in [5.41, 5.74) is 1.12. The van der Waals surface area contributed by atoms with Gasteiger partial charge in [-0.05, 0) is 18.6 Å². The summed E-state index contributed by atoms with van der Waals surface area (Å²) in [4.78, 5) is 10.2. The number of halogens is 1. The molecule has 1 aromatic heterocycles. The molecule has 0 aliphatic carbocycles. The van der Waals surface area contributed by atoms with Crippen LogP contribution in [0.3, 0.4) is 0 Å². The Kier molecular flexibility index (Phi) is 3.89. The lowest BCUT2D eigenvalue weighted by Crippen LogP contribution is -2.23. The Morgan fingerprint density at radius 3 is 2.79 bits per heavy atom. The zero-order chi connectivity index (χ0) is 10.6. The fourth-order valence-corrected chi connectivity index (χ4v) is 1.17. The zero-order valence-electron chi connectivity index (χ0n) is 8.66. The molecular formula is C10H14ClN3. The molecule has 0 amide bonds. The molecule has 0 fully saturated rings. The van der Waals surface area contributed by atoms with E-state index in [0.717, 1.165) is 17.9 Å². The van der Waals surface area contributed by atoms with E-state index in [1.165, 1.54) is 0 Å². The minimum absolute atomic E-state index is 0.525. The van der Waals surface area contributed by atoms with Crippen molar-refractivity contribution in [2.75, 3.05) is 14.1 Å². The average Bonchev–Trinajstić information content (AvgIpc) is 2.20. The molecule has 76 valence electrons. The van der Waals surface area contributed by atoms with E-state index in [0.29, 0.717) is 5.15 Å². The summed E-state index contributed by atoms with van der Waals surface area (Å²) < 4.78 is 0. The monoisotopic (exact) mass is 211 g/mol. The largest absolute Gasteiger partial charge is 0.359 e. The topological polar surface area (TPSA) is 28.5 Å². The third-order valence-corrected chi connectivity index (χ3v) is 2.31. The van der Waals surface area contributed by atoms with Crippen LogP contribution in [0.15, 0.2) is 23.3 Å².